The molecule has 0 saturated carbocycles. The van der Waals surface area contributed by atoms with Crippen LogP contribution in [0.2, 0.25) is 5.02 Å². The largest absolute Gasteiger partial charge is 0.312 e. The number of rotatable bonds is 1. The molecule has 1 rings (SSSR count). The average molecular weight is 166 g/mol. The van der Waals surface area contributed by atoms with Crippen LogP contribution in [0.25, 0.3) is 4.85 Å². The van der Waals surface area contributed by atoms with E-state index in [4.69, 9.17) is 18.2 Å². The van der Waals surface area contributed by atoms with Crippen molar-refractivity contribution in [3.63, 3.8) is 0 Å². The molecule has 0 spiro atoms. The highest BCUT2D eigenvalue weighted by molar-refractivity contribution is 6.30. The standard InChI is InChI=1S/C9H8ClN/c1-7-3-8(6-11-2)5-9(10)4-7/h3-5H,6H2,1H3. The van der Waals surface area contributed by atoms with E-state index in [1.165, 1.54) is 0 Å². The predicted molar refractivity (Wildman–Crippen MR) is 46.5 cm³/mol. The Hall–Kier alpha value is -1.00. The summed E-state index contributed by atoms with van der Waals surface area (Å²) in [6.07, 6.45) is 0. The van der Waals surface area contributed by atoms with E-state index in [-0.39, 0.29) is 0 Å². The van der Waals surface area contributed by atoms with Gasteiger partial charge in [0, 0.05) is 10.6 Å². The summed E-state index contributed by atoms with van der Waals surface area (Å²) in [6, 6.07) is 5.69. The lowest BCUT2D eigenvalue weighted by molar-refractivity contribution is 1.24. The van der Waals surface area contributed by atoms with Crippen LogP contribution in [0.1, 0.15) is 11.1 Å². The number of aryl methyl sites for hydroxylation is 1. The summed E-state index contributed by atoms with van der Waals surface area (Å²) in [4.78, 5) is 3.28. The molecule has 0 N–H and O–H groups in total. The second kappa shape index (κ2) is 3.41. The van der Waals surface area contributed by atoms with E-state index in [0.717, 1.165) is 11.1 Å². The summed E-state index contributed by atoms with van der Waals surface area (Å²) in [5.74, 6) is 0. The quantitative estimate of drug-likeness (QED) is 0.564. The number of hydrogen-bond acceptors (Lipinski definition) is 0. The van der Waals surface area contributed by atoms with Gasteiger partial charge in [0.2, 0.25) is 6.54 Å². The van der Waals surface area contributed by atoms with E-state index in [9.17, 15) is 0 Å². The second-order valence-electron chi connectivity index (χ2n) is 2.45. The summed E-state index contributed by atoms with van der Waals surface area (Å²) in [6.45, 7) is 9.05. The van der Waals surface area contributed by atoms with Crippen LogP contribution in [0.3, 0.4) is 0 Å². The Morgan fingerprint density at radius 3 is 2.73 bits per heavy atom. The zero-order valence-corrected chi connectivity index (χ0v) is 7.02. The number of nitrogens with zero attached hydrogens (tertiary/aromatic N) is 1. The Bertz CT molecular complexity index is 279. The average Bonchev–Trinajstić information content (AvgIpc) is 1.85. The minimum atomic E-state index is 0.418. The van der Waals surface area contributed by atoms with E-state index in [2.05, 4.69) is 4.85 Å². The molecule has 11 heavy (non-hydrogen) atoms. The molecule has 0 fully saturated rings. The lowest BCUT2D eigenvalue weighted by atomic mass is 10.1. The van der Waals surface area contributed by atoms with Crippen LogP contribution >= 0.6 is 11.6 Å². The first-order valence-corrected chi connectivity index (χ1v) is 3.69. The van der Waals surface area contributed by atoms with E-state index < -0.39 is 0 Å². The molecule has 0 aliphatic carbocycles. The van der Waals surface area contributed by atoms with Gasteiger partial charge < -0.3 is 4.85 Å². The van der Waals surface area contributed by atoms with Gasteiger partial charge in [-0.15, -0.1) is 0 Å². The fourth-order valence-electron chi connectivity index (χ4n) is 0.995. The Kier molecular flexibility index (Phi) is 2.51. The Morgan fingerprint density at radius 2 is 2.18 bits per heavy atom. The maximum Gasteiger partial charge on any atom is 0.239 e. The first-order chi connectivity index (χ1) is 5.22. The molecule has 0 heterocycles. The summed E-state index contributed by atoms with van der Waals surface area (Å²) in [5, 5.41) is 0.712. The Labute approximate surface area is 71.4 Å². The first kappa shape index (κ1) is 8.10. The molecule has 1 nitrogen and oxygen atoms in total. The SMILES string of the molecule is [C-]#[N+]Cc1cc(C)cc(Cl)c1. The van der Waals surface area contributed by atoms with Gasteiger partial charge in [0.25, 0.3) is 0 Å². The molecule has 0 saturated heterocycles. The first-order valence-electron chi connectivity index (χ1n) is 3.31. The third kappa shape index (κ3) is 2.25. The van der Waals surface area contributed by atoms with Gasteiger partial charge in [0.1, 0.15) is 0 Å². The van der Waals surface area contributed by atoms with Crippen LogP contribution in [0.4, 0.5) is 0 Å². The summed E-state index contributed by atoms with van der Waals surface area (Å²) in [5.41, 5.74) is 2.10. The molecule has 2 heteroatoms. The van der Waals surface area contributed by atoms with Crippen molar-refractivity contribution in [3.05, 3.63) is 45.8 Å². The molecule has 1 aromatic carbocycles. The molecule has 0 bridgehead atoms. The molecule has 1 aromatic rings. The molecular formula is C9H8ClN. The lowest BCUT2D eigenvalue weighted by Crippen LogP contribution is -1.81. The van der Waals surface area contributed by atoms with Crippen molar-refractivity contribution in [2.75, 3.05) is 0 Å². The zero-order chi connectivity index (χ0) is 8.27. The van der Waals surface area contributed by atoms with Crippen molar-refractivity contribution in [2.45, 2.75) is 13.5 Å². The fourth-order valence-corrected chi connectivity index (χ4v) is 1.31. The normalized spacial score (nSPS) is 9.18. The van der Waals surface area contributed by atoms with Gasteiger partial charge in [-0.3, -0.25) is 0 Å². The zero-order valence-electron chi connectivity index (χ0n) is 6.26. The molecule has 56 valence electrons. The van der Waals surface area contributed by atoms with Crippen LogP contribution in [0, 0.1) is 13.5 Å². The smallest absolute Gasteiger partial charge is 0.239 e. The van der Waals surface area contributed by atoms with Crippen molar-refractivity contribution < 1.29 is 0 Å². The number of hydrogen-bond donors (Lipinski definition) is 0. The van der Waals surface area contributed by atoms with Gasteiger partial charge in [-0.25, -0.2) is 6.57 Å². The van der Waals surface area contributed by atoms with Gasteiger partial charge >= 0.3 is 0 Å². The van der Waals surface area contributed by atoms with Crippen molar-refractivity contribution in [1.29, 1.82) is 0 Å². The van der Waals surface area contributed by atoms with Crippen molar-refractivity contribution in [3.8, 4) is 0 Å². The molecule has 0 radical (unpaired) electrons. The maximum absolute atomic E-state index is 6.66. The number of benzene rings is 1. The minimum absolute atomic E-state index is 0.418. The third-order valence-electron chi connectivity index (χ3n) is 1.36. The monoisotopic (exact) mass is 165 g/mol. The van der Waals surface area contributed by atoms with E-state index in [0.29, 0.717) is 11.6 Å². The molecule has 0 aliphatic rings. The molecule has 0 amide bonds. The highest BCUT2D eigenvalue weighted by Crippen LogP contribution is 2.14. The maximum atomic E-state index is 6.66. The van der Waals surface area contributed by atoms with Crippen LogP contribution in [0.5, 0.6) is 0 Å². The molecule has 0 unspecified atom stereocenters. The minimum Gasteiger partial charge on any atom is -0.312 e. The Morgan fingerprint density at radius 1 is 1.45 bits per heavy atom. The third-order valence-corrected chi connectivity index (χ3v) is 1.58. The molecule has 0 aliphatic heterocycles. The molecular weight excluding hydrogens is 158 g/mol. The molecule has 0 atom stereocenters. The summed E-state index contributed by atoms with van der Waals surface area (Å²) < 4.78 is 0. The second-order valence-corrected chi connectivity index (χ2v) is 2.89. The van der Waals surface area contributed by atoms with E-state index in [1.807, 2.05) is 25.1 Å². The van der Waals surface area contributed by atoms with E-state index >= 15 is 0 Å². The van der Waals surface area contributed by atoms with Crippen molar-refractivity contribution in [1.82, 2.24) is 0 Å². The highest BCUT2D eigenvalue weighted by Gasteiger charge is 1.97. The number of halogens is 1. The predicted octanol–water partition coefficient (Wildman–Crippen LogP) is 3.07. The van der Waals surface area contributed by atoms with Gasteiger partial charge in [0.05, 0.1) is 0 Å². The van der Waals surface area contributed by atoms with Gasteiger partial charge in [-0.1, -0.05) is 11.6 Å². The van der Waals surface area contributed by atoms with Crippen LogP contribution in [0.15, 0.2) is 18.2 Å². The van der Waals surface area contributed by atoms with Gasteiger partial charge in [0.15, 0.2) is 0 Å². The van der Waals surface area contributed by atoms with Crippen LogP contribution < -0.4 is 0 Å². The lowest BCUT2D eigenvalue weighted by Gasteiger charge is -1.96. The van der Waals surface area contributed by atoms with E-state index in [1.54, 1.807) is 0 Å². The highest BCUT2D eigenvalue weighted by atomic mass is 35.5. The summed E-state index contributed by atoms with van der Waals surface area (Å²) in [7, 11) is 0. The fraction of sp³-hybridized carbons (Fsp3) is 0.222. The Balaban J connectivity index is 3.01. The van der Waals surface area contributed by atoms with Crippen LogP contribution in [-0.4, -0.2) is 0 Å². The van der Waals surface area contributed by atoms with Gasteiger partial charge in [-0.2, -0.15) is 0 Å². The van der Waals surface area contributed by atoms with Crippen molar-refractivity contribution >= 4 is 11.6 Å². The molecule has 0 aromatic heterocycles. The van der Waals surface area contributed by atoms with Gasteiger partial charge in [-0.05, 0) is 30.7 Å². The summed E-state index contributed by atoms with van der Waals surface area (Å²) >= 11 is 5.78. The van der Waals surface area contributed by atoms with Crippen molar-refractivity contribution in [2.24, 2.45) is 0 Å². The topological polar surface area (TPSA) is 4.36 Å². The van der Waals surface area contributed by atoms with Crippen LogP contribution in [-0.2, 0) is 6.54 Å².